The molecule has 0 aliphatic carbocycles. The van der Waals surface area contributed by atoms with Crippen LogP contribution in [0.15, 0.2) is 61.1 Å². The van der Waals surface area contributed by atoms with Gasteiger partial charge in [-0.15, -0.1) is 0 Å². The number of imidazole rings is 1. The lowest BCUT2D eigenvalue weighted by atomic mass is 10.2. The Morgan fingerprint density at radius 1 is 1.20 bits per heavy atom. The quantitative estimate of drug-likeness (QED) is 0.573. The van der Waals surface area contributed by atoms with Crippen LogP contribution < -0.4 is 10.1 Å². The third-order valence-corrected chi connectivity index (χ3v) is 4.08. The van der Waals surface area contributed by atoms with Gasteiger partial charge in [0.1, 0.15) is 30.0 Å². The summed E-state index contributed by atoms with van der Waals surface area (Å²) in [6.07, 6.45) is -2.97. The lowest BCUT2D eigenvalue weighted by Crippen LogP contribution is -2.36. The molecule has 2 aromatic carbocycles. The summed E-state index contributed by atoms with van der Waals surface area (Å²) in [5.74, 6) is -1.02. The van der Waals surface area contributed by atoms with E-state index in [-0.39, 0.29) is 24.6 Å². The summed E-state index contributed by atoms with van der Waals surface area (Å²) in [6, 6.07) is 9.71. The zero-order valence-electron chi connectivity index (χ0n) is 15.4. The Bertz CT molecular complexity index is 1000. The van der Waals surface area contributed by atoms with Gasteiger partial charge in [-0.2, -0.15) is 13.2 Å². The van der Waals surface area contributed by atoms with Crippen molar-refractivity contribution in [2.24, 2.45) is 0 Å². The Hall–Kier alpha value is -3.40. The Labute approximate surface area is 168 Å². The smallest absolute Gasteiger partial charge is 0.416 e. The molecule has 0 aliphatic rings. The molecule has 3 aromatic rings. The molecule has 0 fully saturated rings. The SMILES string of the molecule is O=C(NCC(O)COc1cccc(C(F)(F)F)c1)c1cncn1-c1ccc(F)cc1. The molecule has 6 nitrogen and oxygen atoms in total. The van der Waals surface area contributed by atoms with Crippen molar-refractivity contribution in [3.63, 3.8) is 0 Å². The monoisotopic (exact) mass is 423 g/mol. The molecule has 1 atom stereocenters. The first-order valence-electron chi connectivity index (χ1n) is 8.78. The van der Waals surface area contributed by atoms with Gasteiger partial charge in [-0.05, 0) is 42.5 Å². The van der Waals surface area contributed by atoms with E-state index in [1.54, 1.807) is 0 Å². The zero-order valence-corrected chi connectivity index (χ0v) is 15.4. The van der Waals surface area contributed by atoms with Crippen LogP contribution in [0.4, 0.5) is 17.6 Å². The largest absolute Gasteiger partial charge is 0.491 e. The molecule has 0 saturated carbocycles. The van der Waals surface area contributed by atoms with Crippen LogP contribution in [0.5, 0.6) is 5.75 Å². The van der Waals surface area contributed by atoms with E-state index in [1.165, 1.54) is 53.5 Å². The van der Waals surface area contributed by atoms with E-state index < -0.39 is 29.6 Å². The lowest BCUT2D eigenvalue weighted by molar-refractivity contribution is -0.137. The molecule has 0 bridgehead atoms. The van der Waals surface area contributed by atoms with Gasteiger partial charge in [-0.3, -0.25) is 9.36 Å². The highest BCUT2D eigenvalue weighted by Gasteiger charge is 2.30. The van der Waals surface area contributed by atoms with Gasteiger partial charge in [-0.1, -0.05) is 6.07 Å². The fraction of sp³-hybridized carbons (Fsp3) is 0.200. The lowest BCUT2D eigenvalue weighted by Gasteiger charge is -2.15. The van der Waals surface area contributed by atoms with Crippen LogP contribution in [0.25, 0.3) is 5.69 Å². The molecule has 1 heterocycles. The maximum absolute atomic E-state index is 13.1. The molecule has 10 heteroatoms. The van der Waals surface area contributed by atoms with E-state index in [9.17, 15) is 27.5 Å². The maximum Gasteiger partial charge on any atom is 0.416 e. The number of hydrogen-bond acceptors (Lipinski definition) is 4. The Morgan fingerprint density at radius 3 is 2.63 bits per heavy atom. The number of aliphatic hydroxyl groups excluding tert-OH is 1. The van der Waals surface area contributed by atoms with Gasteiger partial charge < -0.3 is 15.2 Å². The van der Waals surface area contributed by atoms with Gasteiger partial charge in [0.2, 0.25) is 0 Å². The molecule has 158 valence electrons. The molecule has 2 N–H and O–H groups in total. The number of amides is 1. The van der Waals surface area contributed by atoms with Crippen molar-refractivity contribution in [3.05, 3.63) is 78.1 Å². The summed E-state index contributed by atoms with van der Waals surface area (Å²) in [5.41, 5.74) is -0.183. The number of carbonyl (C=O) groups is 1. The average Bonchev–Trinajstić information content (AvgIpc) is 3.20. The number of nitrogens with one attached hydrogen (secondary N) is 1. The van der Waals surface area contributed by atoms with E-state index in [0.29, 0.717) is 5.69 Å². The molecule has 0 radical (unpaired) electrons. The van der Waals surface area contributed by atoms with Crippen LogP contribution in [0.3, 0.4) is 0 Å². The number of nitrogens with zero attached hydrogens (tertiary/aromatic N) is 2. The number of hydrogen-bond donors (Lipinski definition) is 2. The van der Waals surface area contributed by atoms with Crippen LogP contribution in [0, 0.1) is 5.82 Å². The molecule has 30 heavy (non-hydrogen) atoms. The normalized spacial score (nSPS) is 12.4. The molecule has 0 saturated heterocycles. The number of halogens is 4. The molecular formula is C20H17F4N3O3. The van der Waals surface area contributed by atoms with Gasteiger partial charge in [0.25, 0.3) is 5.91 Å². The molecule has 0 aliphatic heterocycles. The van der Waals surface area contributed by atoms with Crippen molar-refractivity contribution < 1.29 is 32.2 Å². The summed E-state index contributed by atoms with van der Waals surface area (Å²) in [7, 11) is 0. The molecular weight excluding hydrogens is 406 g/mol. The minimum atomic E-state index is -4.50. The Morgan fingerprint density at radius 2 is 1.93 bits per heavy atom. The van der Waals surface area contributed by atoms with Crippen molar-refractivity contribution in [2.75, 3.05) is 13.2 Å². The third-order valence-electron chi connectivity index (χ3n) is 4.08. The van der Waals surface area contributed by atoms with Crippen molar-refractivity contribution >= 4 is 5.91 Å². The van der Waals surface area contributed by atoms with Crippen LogP contribution in [0.1, 0.15) is 16.1 Å². The first-order valence-corrected chi connectivity index (χ1v) is 8.78. The van der Waals surface area contributed by atoms with Gasteiger partial charge in [0.15, 0.2) is 0 Å². The number of aliphatic hydroxyl groups is 1. The Balaban J connectivity index is 1.55. The molecule has 1 amide bonds. The van der Waals surface area contributed by atoms with Crippen molar-refractivity contribution in [3.8, 4) is 11.4 Å². The first kappa shape index (κ1) is 21.3. The second kappa shape index (κ2) is 8.95. The summed E-state index contributed by atoms with van der Waals surface area (Å²) in [4.78, 5) is 16.3. The molecule has 0 spiro atoms. The fourth-order valence-corrected chi connectivity index (χ4v) is 2.59. The van der Waals surface area contributed by atoms with Crippen LogP contribution in [0.2, 0.25) is 0 Å². The second-order valence-electron chi connectivity index (χ2n) is 6.33. The van der Waals surface area contributed by atoms with Crippen LogP contribution in [-0.4, -0.2) is 39.8 Å². The summed E-state index contributed by atoms with van der Waals surface area (Å²) in [5, 5.41) is 12.5. The second-order valence-corrected chi connectivity index (χ2v) is 6.33. The Kier molecular flexibility index (Phi) is 6.36. The summed E-state index contributed by atoms with van der Waals surface area (Å²) >= 11 is 0. The summed E-state index contributed by atoms with van der Waals surface area (Å²) in [6.45, 7) is -0.523. The van der Waals surface area contributed by atoms with Crippen molar-refractivity contribution in [1.82, 2.24) is 14.9 Å². The number of aromatic nitrogens is 2. The number of ether oxygens (including phenoxy) is 1. The third kappa shape index (κ3) is 5.35. The van der Waals surface area contributed by atoms with E-state index in [2.05, 4.69) is 10.3 Å². The summed E-state index contributed by atoms with van der Waals surface area (Å²) < 4.78 is 57.8. The van der Waals surface area contributed by atoms with Gasteiger partial charge in [0.05, 0.1) is 18.1 Å². The minimum Gasteiger partial charge on any atom is -0.491 e. The first-order chi connectivity index (χ1) is 14.2. The number of benzene rings is 2. The molecule has 1 aromatic heterocycles. The van der Waals surface area contributed by atoms with E-state index in [0.717, 1.165) is 12.1 Å². The predicted octanol–water partition coefficient (Wildman–Crippen LogP) is 3.20. The number of carbonyl (C=O) groups excluding carboxylic acids is 1. The van der Waals surface area contributed by atoms with Crippen LogP contribution in [-0.2, 0) is 6.18 Å². The molecule has 1 unspecified atom stereocenters. The highest BCUT2D eigenvalue weighted by Crippen LogP contribution is 2.31. The highest BCUT2D eigenvalue weighted by molar-refractivity contribution is 5.93. The number of rotatable bonds is 7. The molecule has 3 rings (SSSR count). The average molecular weight is 423 g/mol. The van der Waals surface area contributed by atoms with Gasteiger partial charge in [-0.25, -0.2) is 9.37 Å². The highest BCUT2D eigenvalue weighted by atomic mass is 19.4. The van der Waals surface area contributed by atoms with Gasteiger partial charge >= 0.3 is 6.18 Å². The van der Waals surface area contributed by atoms with Crippen molar-refractivity contribution in [2.45, 2.75) is 12.3 Å². The minimum absolute atomic E-state index is 0.0513. The standard InChI is InChI=1S/C20H17F4N3O3/c21-14-4-6-15(7-5-14)27-12-25-10-18(27)19(29)26-9-16(28)11-30-17-3-1-2-13(8-17)20(22,23)24/h1-8,10,12,16,28H,9,11H2,(H,26,29). The van der Waals surface area contributed by atoms with Gasteiger partial charge in [0, 0.05) is 12.2 Å². The van der Waals surface area contributed by atoms with Crippen LogP contribution >= 0.6 is 0 Å². The predicted molar refractivity (Wildman–Crippen MR) is 98.8 cm³/mol. The fourth-order valence-electron chi connectivity index (χ4n) is 2.59. The maximum atomic E-state index is 13.1. The zero-order chi connectivity index (χ0) is 21.7. The topological polar surface area (TPSA) is 76.4 Å². The van der Waals surface area contributed by atoms with Crippen molar-refractivity contribution in [1.29, 1.82) is 0 Å². The van der Waals surface area contributed by atoms with E-state index in [1.807, 2.05) is 0 Å². The number of alkyl halides is 3. The van der Waals surface area contributed by atoms with E-state index >= 15 is 0 Å². The van der Waals surface area contributed by atoms with E-state index in [4.69, 9.17) is 4.74 Å².